The average molecular weight is 525 g/mol. The van der Waals surface area contributed by atoms with Crippen molar-refractivity contribution in [2.45, 2.75) is 111 Å². The van der Waals surface area contributed by atoms with Crippen molar-refractivity contribution in [3.05, 3.63) is 64.5 Å². The molecule has 1 aliphatic heterocycles. The van der Waals surface area contributed by atoms with Gasteiger partial charge in [-0.1, -0.05) is 79.7 Å². The Kier molecular flexibility index (Phi) is 9.34. The lowest BCUT2D eigenvalue weighted by Crippen LogP contribution is -2.58. The highest BCUT2D eigenvalue weighted by atomic mass is 19.1. The van der Waals surface area contributed by atoms with Crippen molar-refractivity contribution in [3.63, 3.8) is 0 Å². The van der Waals surface area contributed by atoms with Crippen molar-refractivity contribution < 1.29 is 13.9 Å². The molecule has 0 N–H and O–H groups in total. The lowest BCUT2D eigenvalue weighted by molar-refractivity contribution is -0.139. The standard InChI is InChI=1S/C33H49FN2O2/c1-11-22(2)26-16-28(32(5,6)7)31(29(17-26)33(8,9)10)38-21-30(37)36-19-23(3)35(18-24(36)4)20-25-12-14-27(34)15-13-25/h12-17,22-24H,11,18-21H2,1-10H3/t22?,23-,24+/m1/s1. The fourth-order valence-corrected chi connectivity index (χ4v) is 5.25. The Hall–Kier alpha value is -2.40. The topological polar surface area (TPSA) is 32.8 Å². The van der Waals surface area contributed by atoms with Crippen LogP contribution < -0.4 is 4.74 Å². The third-order valence-electron chi connectivity index (χ3n) is 7.98. The lowest BCUT2D eigenvalue weighted by atomic mass is 9.77. The molecule has 210 valence electrons. The summed E-state index contributed by atoms with van der Waals surface area (Å²) in [7, 11) is 0. The predicted molar refractivity (Wildman–Crippen MR) is 155 cm³/mol. The predicted octanol–water partition coefficient (Wildman–Crippen LogP) is 7.43. The fraction of sp³-hybridized carbons (Fsp3) is 0.606. The molecule has 1 amide bonds. The van der Waals surface area contributed by atoms with Gasteiger partial charge in [0.1, 0.15) is 11.6 Å². The third kappa shape index (κ3) is 7.16. The van der Waals surface area contributed by atoms with Crippen LogP contribution in [0.5, 0.6) is 5.75 Å². The van der Waals surface area contributed by atoms with Crippen molar-refractivity contribution in [3.8, 4) is 5.75 Å². The van der Waals surface area contributed by atoms with Crippen LogP contribution in [0.2, 0.25) is 0 Å². The van der Waals surface area contributed by atoms with Gasteiger partial charge in [-0.25, -0.2) is 4.39 Å². The van der Waals surface area contributed by atoms with Crippen LogP contribution in [0.25, 0.3) is 0 Å². The van der Waals surface area contributed by atoms with Gasteiger partial charge < -0.3 is 9.64 Å². The number of rotatable bonds is 7. The number of carbonyl (C=O) groups is 1. The van der Waals surface area contributed by atoms with E-state index in [1.807, 2.05) is 17.0 Å². The van der Waals surface area contributed by atoms with E-state index < -0.39 is 0 Å². The highest BCUT2D eigenvalue weighted by Crippen LogP contribution is 2.42. The summed E-state index contributed by atoms with van der Waals surface area (Å²) in [4.78, 5) is 17.8. The van der Waals surface area contributed by atoms with Crippen LogP contribution in [0.3, 0.4) is 0 Å². The number of halogens is 1. The van der Waals surface area contributed by atoms with E-state index in [1.165, 1.54) is 28.8 Å². The van der Waals surface area contributed by atoms with Crippen LogP contribution in [0, 0.1) is 5.82 Å². The fourth-order valence-electron chi connectivity index (χ4n) is 5.25. The van der Waals surface area contributed by atoms with E-state index in [4.69, 9.17) is 4.74 Å². The zero-order chi connectivity index (χ0) is 28.4. The van der Waals surface area contributed by atoms with Crippen molar-refractivity contribution in [1.29, 1.82) is 0 Å². The van der Waals surface area contributed by atoms with Gasteiger partial charge >= 0.3 is 0 Å². The SMILES string of the molecule is CCC(C)c1cc(C(C)(C)C)c(OCC(=O)N2C[C@@H](C)N(Cc3ccc(F)cc3)C[C@@H]2C)c(C(C)(C)C)c1. The minimum absolute atomic E-state index is 0.0245. The number of amides is 1. The molecule has 3 atom stereocenters. The number of ether oxygens (including phenoxy) is 1. The maximum absolute atomic E-state index is 13.5. The molecule has 0 radical (unpaired) electrons. The molecule has 1 saturated heterocycles. The number of carbonyl (C=O) groups excluding carboxylic acids is 1. The van der Waals surface area contributed by atoms with Crippen LogP contribution in [0.15, 0.2) is 36.4 Å². The molecule has 0 saturated carbocycles. The molecule has 2 aromatic rings. The Morgan fingerprint density at radius 1 is 0.974 bits per heavy atom. The first-order valence-corrected chi connectivity index (χ1v) is 14.2. The number of hydrogen-bond acceptors (Lipinski definition) is 3. The summed E-state index contributed by atoms with van der Waals surface area (Å²) < 4.78 is 19.8. The first-order chi connectivity index (χ1) is 17.6. The van der Waals surface area contributed by atoms with Gasteiger partial charge in [0.05, 0.1) is 0 Å². The molecule has 5 heteroatoms. The normalized spacial score (nSPS) is 19.9. The molecule has 1 unspecified atom stereocenters. The van der Waals surface area contributed by atoms with Gasteiger partial charge in [-0.15, -0.1) is 0 Å². The van der Waals surface area contributed by atoms with E-state index in [9.17, 15) is 9.18 Å². The van der Waals surface area contributed by atoms with Gasteiger partial charge in [-0.3, -0.25) is 9.69 Å². The second kappa shape index (κ2) is 11.8. The summed E-state index contributed by atoms with van der Waals surface area (Å²) in [5, 5.41) is 0. The maximum Gasteiger partial charge on any atom is 0.260 e. The van der Waals surface area contributed by atoms with Crippen LogP contribution in [-0.4, -0.2) is 47.5 Å². The van der Waals surface area contributed by atoms with Crippen LogP contribution in [0.1, 0.15) is 104 Å². The van der Waals surface area contributed by atoms with Crippen molar-refractivity contribution in [2.24, 2.45) is 0 Å². The van der Waals surface area contributed by atoms with E-state index in [-0.39, 0.29) is 41.2 Å². The second-order valence-corrected chi connectivity index (χ2v) is 13.3. The van der Waals surface area contributed by atoms with E-state index >= 15 is 0 Å². The molecule has 0 spiro atoms. The number of nitrogens with zero attached hydrogens (tertiary/aromatic N) is 2. The summed E-state index contributed by atoms with van der Waals surface area (Å²) >= 11 is 0. The average Bonchev–Trinajstić information content (AvgIpc) is 2.83. The molecule has 1 heterocycles. The molecule has 2 aromatic carbocycles. The third-order valence-corrected chi connectivity index (χ3v) is 7.98. The molecular formula is C33H49FN2O2. The van der Waals surface area contributed by atoms with Gasteiger partial charge in [-0.05, 0) is 60.3 Å². The minimum atomic E-state index is -0.218. The first kappa shape index (κ1) is 30.1. The highest BCUT2D eigenvalue weighted by Gasteiger charge is 2.33. The molecule has 4 nitrogen and oxygen atoms in total. The maximum atomic E-state index is 13.5. The molecule has 0 bridgehead atoms. The molecule has 3 rings (SSSR count). The van der Waals surface area contributed by atoms with E-state index in [0.29, 0.717) is 12.5 Å². The summed E-state index contributed by atoms with van der Waals surface area (Å²) in [6.45, 7) is 24.2. The van der Waals surface area contributed by atoms with Crippen molar-refractivity contribution in [1.82, 2.24) is 9.80 Å². The summed E-state index contributed by atoms with van der Waals surface area (Å²) in [5.74, 6) is 1.13. The number of benzene rings is 2. The van der Waals surface area contributed by atoms with E-state index in [1.54, 1.807) is 0 Å². The molecule has 0 aromatic heterocycles. The van der Waals surface area contributed by atoms with Crippen molar-refractivity contribution in [2.75, 3.05) is 19.7 Å². The Bertz CT molecular complexity index is 1060. The van der Waals surface area contributed by atoms with Gasteiger partial charge in [-0.2, -0.15) is 0 Å². The Balaban J connectivity index is 1.79. The second-order valence-electron chi connectivity index (χ2n) is 13.3. The summed E-state index contributed by atoms with van der Waals surface area (Å²) in [5.41, 5.74) is 4.52. The molecule has 0 aliphatic carbocycles. The zero-order valence-electron chi connectivity index (χ0n) is 25.3. The van der Waals surface area contributed by atoms with Crippen LogP contribution in [-0.2, 0) is 22.2 Å². The van der Waals surface area contributed by atoms with E-state index in [0.717, 1.165) is 30.8 Å². The Morgan fingerprint density at radius 2 is 1.53 bits per heavy atom. The summed E-state index contributed by atoms with van der Waals surface area (Å²) in [6.07, 6.45) is 1.08. The van der Waals surface area contributed by atoms with Gasteiger partial charge in [0.25, 0.3) is 5.91 Å². The zero-order valence-corrected chi connectivity index (χ0v) is 25.3. The monoisotopic (exact) mass is 524 g/mol. The van der Waals surface area contributed by atoms with Crippen molar-refractivity contribution >= 4 is 5.91 Å². The number of hydrogen-bond donors (Lipinski definition) is 0. The first-order valence-electron chi connectivity index (χ1n) is 14.2. The number of piperazine rings is 1. The molecule has 1 fully saturated rings. The van der Waals surface area contributed by atoms with E-state index in [2.05, 4.69) is 86.3 Å². The van der Waals surface area contributed by atoms with Gasteiger partial charge in [0.15, 0.2) is 6.61 Å². The Labute approximate surface area is 230 Å². The molecule has 1 aliphatic rings. The van der Waals surface area contributed by atoms with Gasteiger partial charge in [0, 0.05) is 42.8 Å². The molecular weight excluding hydrogens is 475 g/mol. The Morgan fingerprint density at radius 3 is 2.03 bits per heavy atom. The minimum Gasteiger partial charge on any atom is -0.483 e. The van der Waals surface area contributed by atoms with Gasteiger partial charge in [0.2, 0.25) is 0 Å². The summed E-state index contributed by atoms with van der Waals surface area (Å²) in [6, 6.07) is 11.5. The van der Waals surface area contributed by atoms with Crippen LogP contribution in [0.4, 0.5) is 4.39 Å². The van der Waals surface area contributed by atoms with Crippen LogP contribution >= 0.6 is 0 Å². The largest absolute Gasteiger partial charge is 0.483 e. The quantitative estimate of drug-likeness (QED) is 0.377. The molecule has 38 heavy (non-hydrogen) atoms. The highest BCUT2D eigenvalue weighted by molar-refractivity contribution is 5.78. The lowest BCUT2D eigenvalue weighted by Gasteiger charge is -2.44. The smallest absolute Gasteiger partial charge is 0.260 e.